The van der Waals surface area contributed by atoms with Gasteiger partial charge in [-0.1, -0.05) is 6.92 Å². The normalized spacial score (nSPS) is 34.0. The van der Waals surface area contributed by atoms with Gasteiger partial charge in [-0.2, -0.15) is 0 Å². The lowest BCUT2D eigenvalue weighted by Crippen LogP contribution is -2.56. The van der Waals surface area contributed by atoms with Gasteiger partial charge in [0.25, 0.3) is 0 Å². The van der Waals surface area contributed by atoms with Crippen molar-refractivity contribution in [1.29, 1.82) is 0 Å². The molecular formula is C14H24N2O4. The van der Waals surface area contributed by atoms with Crippen LogP contribution in [0.5, 0.6) is 0 Å². The molecule has 1 aliphatic heterocycles. The van der Waals surface area contributed by atoms with Gasteiger partial charge < -0.3 is 20.1 Å². The summed E-state index contributed by atoms with van der Waals surface area (Å²) in [5, 5.41) is 12.3. The maximum atomic E-state index is 12.3. The summed E-state index contributed by atoms with van der Waals surface area (Å²) >= 11 is 0. The van der Waals surface area contributed by atoms with Crippen LogP contribution in [0.1, 0.15) is 39.0 Å². The molecule has 4 atom stereocenters. The SMILES string of the molecule is COC1CCC(NC(=O)N2CCCC(C)C2C(=O)O)C1. The fourth-order valence-corrected chi connectivity index (χ4v) is 3.34. The number of hydrogen-bond donors (Lipinski definition) is 2. The van der Waals surface area contributed by atoms with Crippen LogP contribution in [0.3, 0.4) is 0 Å². The number of methoxy groups -OCH3 is 1. The van der Waals surface area contributed by atoms with Crippen molar-refractivity contribution in [2.24, 2.45) is 5.92 Å². The van der Waals surface area contributed by atoms with Gasteiger partial charge in [0, 0.05) is 19.7 Å². The van der Waals surface area contributed by atoms with E-state index in [-0.39, 0.29) is 24.1 Å². The number of carboxylic acid groups (broad SMARTS) is 1. The van der Waals surface area contributed by atoms with Crippen LogP contribution in [0.25, 0.3) is 0 Å². The summed E-state index contributed by atoms with van der Waals surface area (Å²) < 4.78 is 5.29. The first-order valence-corrected chi connectivity index (χ1v) is 7.35. The fourth-order valence-electron chi connectivity index (χ4n) is 3.34. The molecule has 2 N–H and O–H groups in total. The van der Waals surface area contributed by atoms with Gasteiger partial charge in [0.2, 0.25) is 0 Å². The molecule has 1 saturated carbocycles. The number of likely N-dealkylation sites (tertiary alicyclic amines) is 1. The van der Waals surface area contributed by atoms with Crippen molar-refractivity contribution < 1.29 is 19.4 Å². The number of nitrogens with zero attached hydrogens (tertiary/aromatic N) is 1. The monoisotopic (exact) mass is 284 g/mol. The minimum Gasteiger partial charge on any atom is -0.480 e. The highest BCUT2D eigenvalue weighted by Gasteiger charge is 2.38. The zero-order chi connectivity index (χ0) is 14.7. The average molecular weight is 284 g/mol. The standard InChI is InChI=1S/C14H24N2O4/c1-9-4-3-7-16(12(9)13(17)18)14(19)15-10-5-6-11(8-10)20-2/h9-12H,3-8H2,1-2H3,(H,15,19)(H,17,18). The fraction of sp³-hybridized carbons (Fsp3) is 0.857. The number of nitrogens with one attached hydrogen (secondary N) is 1. The zero-order valence-electron chi connectivity index (χ0n) is 12.2. The van der Waals surface area contributed by atoms with Crippen LogP contribution in [0, 0.1) is 5.92 Å². The van der Waals surface area contributed by atoms with Gasteiger partial charge in [-0.25, -0.2) is 9.59 Å². The largest absolute Gasteiger partial charge is 0.480 e. The summed E-state index contributed by atoms with van der Waals surface area (Å²) in [6.45, 7) is 2.42. The van der Waals surface area contributed by atoms with Crippen molar-refractivity contribution in [2.45, 2.75) is 57.2 Å². The first-order chi connectivity index (χ1) is 9.52. The minimum absolute atomic E-state index is 0.00213. The maximum Gasteiger partial charge on any atom is 0.326 e. The molecule has 4 unspecified atom stereocenters. The van der Waals surface area contributed by atoms with Crippen LogP contribution in [-0.2, 0) is 9.53 Å². The summed E-state index contributed by atoms with van der Waals surface area (Å²) in [6, 6.07) is -0.854. The second kappa shape index (κ2) is 6.43. The van der Waals surface area contributed by atoms with E-state index in [0.717, 1.165) is 32.1 Å². The Hall–Kier alpha value is -1.30. The quantitative estimate of drug-likeness (QED) is 0.822. The molecule has 2 rings (SSSR count). The lowest BCUT2D eigenvalue weighted by atomic mass is 9.91. The van der Waals surface area contributed by atoms with Crippen LogP contribution in [0.15, 0.2) is 0 Å². The lowest BCUT2D eigenvalue weighted by molar-refractivity contribution is -0.145. The number of piperidine rings is 1. The number of rotatable bonds is 3. The number of amides is 2. The van der Waals surface area contributed by atoms with Crippen molar-refractivity contribution in [2.75, 3.05) is 13.7 Å². The first-order valence-electron chi connectivity index (χ1n) is 7.35. The van der Waals surface area contributed by atoms with E-state index in [1.165, 1.54) is 4.90 Å². The third-order valence-electron chi connectivity index (χ3n) is 4.49. The van der Waals surface area contributed by atoms with Crippen molar-refractivity contribution in [3.05, 3.63) is 0 Å². The molecule has 6 nitrogen and oxygen atoms in total. The summed E-state index contributed by atoms with van der Waals surface area (Å²) in [4.78, 5) is 25.2. The molecule has 0 aromatic rings. The molecule has 1 saturated heterocycles. The molecule has 114 valence electrons. The molecule has 20 heavy (non-hydrogen) atoms. The smallest absolute Gasteiger partial charge is 0.326 e. The predicted octanol–water partition coefficient (Wildman–Crippen LogP) is 1.45. The van der Waals surface area contributed by atoms with Gasteiger partial charge in [-0.3, -0.25) is 0 Å². The highest BCUT2D eigenvalue weighted by molar-refractivity contribution is 5.83. The average Bonchev–Trinajstić information content (AvgIpc) is 2.85. The van der Waals surface area contributed by atoms with Crippen LogP contribution in [0.2, 0.25) is 0 Å². The topological polar surface area (TPSA) is 78.9 Å². The molecule has 0 bridgehead atoms. The second-order valence-corrected chi connectivity index (χ2v) is 5.91. The summed E-state index contributed by atoms with van der Waals surface area (Å²) in [6.07, 6.45) is 4.57. The van der Waals surface area contributed by atoms with Crippen LogP contribution >= 0.6 is 0 Å². The highest BCUT2D eigenvalue weighted by Crippen LogP contribution is 2.25. The van der Waals surface area contributed by atoms with E-state index >= 15 is 0 Å². The van der Waals surface area contributed by atoms with Gasteiger partial charge >= 0.3 is 12.0 Å². The van der Waals surface area contributed by atoms with Gasteiger partial charge in [0.15, 0.2) is 0 Å². The number of ether oxygens (including phenoxy) is 1. The Bertz CT molecular complexity index is 374. The van der Waals surface area contributed by atoms with Crippen molar-refractivity contribution >= 4 is 12.0 Å². The van der Waals surface area contributed by atoms with Crippen LogP contribution in [-0.4, -0.2) is 53.8 Å². The first kappa shape index (κ1) is 15.1. The Morgan fingerprint density at radius 1 is 1.30 bits per heavy atom. The molecule has 2 amide bonds. The molecule has 1 aliphatic carbocycles. The van der Waals surface area contributed by atoms with E-state index in [1.807, 2.05) is 6.92 Å². The van der Waals surface area contributed by atoms with E-state index in [0.29, 0.717) is 6.54 Å². The Balaban J connectivity index is 1.95. The summed E-state index contributed by atoms with van der Waals surface area (Å²) in [5.74, 6) is -0.907. The third-order valence-corrected chi connectivity index (χ3v) is 4.49. The molecule has 1 heterocycles. The number of hydrogen-bond acceptors (Lipinski definition) is 3. The van der Waals surface area contributed by atoms with Crippen molar-refractivity contribution in [3.63, 3.8) is 0 Å². The van der Waals surface area contributed by atoms with Crippen molar-refractivity contribution in [3.8, 4) is 0 Å². The highest BCUT2D eigenvalue weighted by atomic mass is 16.5. The summed E-state index contributed by atoms with van der Waals surface area (Å²) in [5.41, 5.74) is 0. The number of aliphatic carboxylic acids is 1. The number of carbonyl (C=O) groups excluding carboxylic acids is 1. The summed E-state index contributed by atoms with van der Waals surface area (Å²) in [7, 11) is 1.68. The number of carboxylic acids is 1. The van der Waals surface area contributed by atoms with Gasteiger partial charge in [0.05, 0.1) is 6.10 Å². The number of urea groups is 1. The lowest BCUT2D eigenvalue weighted by Gasteiger charge is -2.37. The molecular weight excluding hydrogens is 260 g/mol. The Morgan fingerprint density at radius 2 is 2.05 bits per heavy atom. The molecule has 0 spiro atoms. The molecule has 0 radical (unpaired) electrons. The Kier molecular flexibility index (Phi) is 4.86. The van der Waals surface area contributed by atoms with Crippen LogP contribution in [0.4, 0.5) is 4.79 Å². The van der Waals surface area contributed by atoms with Gasteiger partial charge in [-0.15, -0.1) is 0 Å². The molecule has 2 fully saturated rings. The molecule has 0 aromatic carbocycles. The number of carbonyl (C=O) groups is 2. The molecule has 6 heteroatoms. The Morgan fingerprint density at radius 3 is 2.65 bits per heavy atom. The van der Waals surface area contributed by atoms with Gasteiger partial charge in [-0.05, 0) is 38.0 Å². The maximum absolute atomic E-state index is 12.3. The van der Waals surface area contributed by atoms with Crippen molar-refractivity contribution in [1.82, 2.24) is 10.2 Å². The van der Waals surface area contributed by atoms with Crippen LogP contribution < -0.4 is 5.32 Å². The van der Waals surface area contributed by atoms with E-state index in [1.54, 1.807) is 7.11 Å². The molecule has 2 aliphatic rings. The third kappa shape index (κ3) is 3.23. The Labute approximate surface area is 119 Å². The van der Waals surface area contributed by atoms with E-state index in [2.05, 4.69) is 5.32 Å². The second-order valence-electron chi connectivity index (χ2n) is 5.91. The van der Waals surface area contributed by atoms with E-state index in [4.69, 9.17) is 4.74 Å². The van der Waals surface area contributed by atoms with E-state index < -0.39 is 12.0 Å². The van der Waals surface area contributed by atoms with E-state index in [9.17, 15) is 14.7 Å². The minimum atomic E-state index is -0.909. The molecule has 0 aromatic heterocycles. The zero-order valence-corrected chi connectivity index (χ0v) is 12.2. The predicted molar refractivity (Wildman–Crippen MR) is 73.5 cm³/mol. The van der Waals surface area contributed by atoms with Gasteiger partial charge in [0.1, 0.15) is 6.04 Å².